The Morgan fingerprint density at radius 2 is 2.35 bits per heavy atom. The Hall–Kier alpha value is -1.23. The van der Waals surface area contributed by atoms with Gasteiger partial charge in [-0.05, 0) is 30.1 Å². The number of hydrogen-bond acceptors (Lipinski definition) is 4. The van der Waals surface area contributed by atoms with Gasteiger partial charge in [-0.15, -0.1) is 0 Å². The molecule has 0 spiro atoms. The molecule has 1 fully saturated rings. The number of rotatable bonds is 5. The molecule has 0 aliphatic heterocycles. The first-order valence-electron chi connectivity index (χ1n) is 5.58. The zero-order valence-electron chi connectivity index (χ0n) is 9.77. The van der Waals surface area contributed by atoms with E-state index >= 15 is 0 Å². The Morgan fingerprint density at radius 3 is 2.82 bits per heavy atom. The molecule has 2 rings (SSSR count). The van der Waals surface area contributed by atoms with Gasteiger partial charge in [0.05, 0.1) is 19.0 Å². The Bertz CT molecular complexity index is 401. The van der Waals surface area contributed by atoms with Crippen LogP contribution in [0.5, 0.6) is 5.88 Å². The van der Waals surface area contributed by atoms with E-state index in [1.54, 1.807) is 25.4 Å². The van der Waals surface area contributed by atoms with E-state index < -0.39 is 0 Å². The lowest BCUT2D eigenvalue weighted by atomic mass is 10.1. The van der Waals surface area contributed by atoms with E-state index in [1.165, 1.54) is 0 Å². The monoisotopic (exact) mass is 252 g/mol. The smallest absolute Gasteiger partial charge is 0.225 e. The molecular weight excluding hydrogens is 236 g/mol. The third-order valence-corrected chi connectivity index (χ3v) is 3.73. The van der Waals surface area contributed by atoms with Crippen LogP contribution in [0.3, 0.4) is 0 Å². The number of hydrogen-bond donors (Lipinski definition) is 2. The number of aromatic nitrogens is 1. The van der Waals surface area contributed by atoms with Gasteiger partial charge in [0.1, 0.15) is 0 Å². The zero-order valence-corrected chi connectivity index (χ0v) is 10.7. The van der Waals surface area contributed by atoms with Crippen molar-refractivity contribution in [3.05, 3.63) is 18.3 Å². The van der Waals surface area contributed by atoms with Gasteiger partial charge in [-0.1, -0.05) is 0 Å². The van der Waals surface area contributed by atoms with E-state index in [9.17, 15) is 4.79 Å². The lowest BCUT2D eigenvalue weighted by Gasteiger charge is -2.11. The topological polar surface area (TPSA) is 51.2 Å². The highest BCUT2D eigenvalue weighted by molar-refractivity contribution is 7.80. The van der Waals surface area contributed by atoms with E-state index in [0.29, 0.717) is 18.0 Å². The third-order valence-electron chi connectivity index (χ3n) is 3.06. The van der Waals surface area contributed by atoms with Crippen molar-refractivity contribution in [3.63, 3.8) is 0 Å². The van der Waals surface area contributed by atoms with Gasteiger partial charge in [0.15, 0.2) is 0 Å². The first kappa shape index (κ1) is 12.2. The summed E-state index contributed by atoms with van der Waals surface area (Å²) in [5.41, 5.74) is 0.846. The Balaban J connectivity index is 1.89. The highest BCUT2D eigenvalue weighted by Crippen LogP contribution is 2.49. The average Bonchev–Trinajstić information content (AvgIpc) is 3.10. The molecule has 1 aromatic heterocycles. The minimum Gasteiger partial charge on any atom is -0.481 e. The van der Waals surface area contributed by atoms with Gasteiger partial charge in [0.25, 0.3) is 0 Å². The van der Waals surface area contributed by atoms with Crippen LogP contribution in [0, 0.1) is 5.41 Å². The predicted molar refractivity (Wildman–Crippen MR) is 69.6 cm³/mol. The van der Waals surface area contributed by atoms with Crippen molar-refractivity contribution >= 4 is 24.2 Å². The average molecular weight is 252 g/mol. The van der Waals surface area contributed by atoms with Crippen LogP contribution in [0.1, 0.15) is 19.3 Å². The molecule has 1 N–H and O–H groups in total. The number of nitrogens with one attached hydrogen (secondary N) is 1. The lowest BCUT2D eigenvalue weighted by Crippen LogP contribution is -2.18. The van der Waals surface area contributed by atoms with E-state index in [4.69, 9.17) is 4.74 Å². The minimum atomic E-state index is 0.0310. The molecule has 0 saturated heterocycles. The van der Waals surface area contributed by atoms with Gasteiger partial charge in [0.2, 0.25) is 11.8 Å². The number of anilines is 1. The van der Waals surface area contributed by atoms with E-state index in [0.717, 1.165) is 18.6 Å². The van der Waals surface area contributed by atoms with Crippen molar-refractivity contribution in [3.8, 4) is 5.88 Å². The maximum Gasteiger partial charge on any atom is 0.225 e. The number of methoxy groups -OCH3 is 1. The van der Waals surface area contributed by atoms with Crippen molar-refractivity contribution in [1.82, 2.24) is 4.98 Å². The van der Waals surface area contributed by atoms with Crippen molar-refractivity contribution in [2.24, 2.45) is 5.41 Å². The summed E-state index contributed by atoms with van der Waals surface area (Å²) in [5, 5.41) is 2.83. The highest BCUT2D eigenvalue weighted by Gasteiger charge is 2.42. The van der Waals surface area contributed by atoms with E-state index in [-0.39, 0.29) is 11.3 Å². The van der Waals surface area contributed by atoms with Crippen LogP contribution >= 0.6 is 12.6 Å². The number of thiol groups is 1. The maximum absolute atomic E-state index is 11.8. The number of pyridine rings is 1. The number of carbonyl (C=O) groups excluding carboxylic acids is 1. The van der Waals surface area contributed by atoms with Crippen LogP contribution in [-0.4, -0.2) is 23.8 Å². The molecule has 1 aliphatic carbocycles. The number of amides is 1. The Kier molecular flexibility index (Phi) is 3.57. The van der Waals surface area contributed by atoms with Gasteiger partial charge in [0, 0.05) is 12.5 Å². The molecule has 1 saturated carbocycles. The second-order valence-corrected chi connectivity index (χ2v) is 4.79. The van der Waals surface area contributed by atoms with Gasteiger partial charge < -0.3 is 10.1 Å². The Labute approximate surface area is 106 Å². The first-order chi connectivity index (χ1) is 8.17. The summed E-state index contributed by atoms with van der Waals surface area (Å²) in [6, 6.07) is 3.51. The van der Waals surface area contributed by atoms with Crippen LogP contribution in [0.4, 0.5) is 5.69 Å². The number of nitrogens with zero attached hydrogens (tertiary/aromatic N) is 1. The largest absolute Gasteiger partial charge is 0.481 e. The fourth-order valence-electron chi connectivity index (χ4n) is 1.69. The molecular formula is C12H16N2O2S. The molecule has 1 heterocycles. The number of carbonyl (C=O) groups is 1. The summed E-state index contributed by atoms with van der Waals surface area (Å²) in [6.45, 7) is 0. The maximum atomic E-state index is 11.8. The van der Waals surface area contributed by atoms with E-state index in [1.807, 2.05) is 0 Å². The van der Waals surface area contributed by atoms with Gasteiger partial charge in [-0.2, -0.15) is 12.6 Å². The predicted octanol–water partition coefficient (Wildman–Crippen LogP) is 2.13. The molecule has 92 valence electrons. The zero-order chi connectivity index (χ0) is 12.3. The van der Waals surface area contributed by atoms with Crippen LogP contribution in [0.15, 0.2) is 18.3 Å². The molecule has 1 amide bonds. The van der Waals surface area contributed by atoms with Gasteiger partial charge in [-0.25, -0.2) is 4.98 Å². The standard InChI is InChI=1S/C12H16N2O2S/c1-16-11-3-2-9(7-13-11)14-10(15)6-12(8-17)4-5-12/h2-3,7,17H,4-6,8H2,1H3,(H,14,15). The van der Waals surface area contributed by atoms with Crippen LogP contribution in [-0.2, 0) is 4.79 Å². The van der Waals surface area contributed by atoms with Crippen LogP contribution < -0.4 is 10.1 Å². The summed E-state index contributed by atoms with van der Waals surface area (Å²) in [7, 11) is 1.56. The van der Waals surface area contributed by atoms with Crippen LogP contribution in [0.25, 0.3) is 0 Å². The van der Waals surface area contributed by atoms with Crippen molar-refractivity contribution in [2.45, 2.75) is 19.3 Å². The van der Waals surface area contributed by atoms with Crippen molar-refractivity contribution in [1.29, 1.82) is 0 Å². The second kappa shape index (κ2) is 4.96. The molecule has 5 heteroatoms. The molecule has 17 heavy (non-hydrogen) atoms. The van der Waals surface area contributed by atoms with Gasteiger partial charge in [-0.3, -0.25) is 4.79 Å². The van der Waals surface area contributed by atoms with Crippen molar-refractivity contribution in [2.75, 3.05) is 18.2 Å². The molecule has 4 nitrogen and oxygen atoms in total. The molecule has 0 radical (unpaired) electrons. The van der Waals surface area contributed by atoms with Crippen LogP contribution in [0.2, 0.25) is 0 Å². The molecule has 1 aliphatic rings. The molecule has 1 aromatic rings. The summed E-state index contributed by atoms with van der Waals surface area (Å²) < 4.78 is 4.95. The molecule has 0 atom stereocenters. The third kappa shape index (κ3) is 3.12. The lowest BCUT2D eigenvalue weighted by molar-refractivity contribution is -0.117. The fourth-order valence-corrected chi connectivity index (χ4v) is 2.12. The first-order valence-corrected chi connectivity index (χ1v) is 6.21. The summed E-state index contributed by atoms with van der Waals surface area (Å²) in [4.78, 5) is 15.8. The van der Waals surface area contributed by atoms with E-state index in [2.05, 4.69) is 22.9 Å². The Morgan fingerprint density at radius 1 is 1.59 bits per heavy atom. The highest BCUT2D eigenvalue weighted by atomic mass is 32.1. The number of ether oxygens (including phenoxy) is 1. The summed E-state index contributed by atoms with van der Waals surface area (Å²) in [5.74, 6) is 1.35. The second-order valence-electron chi connectivity index (χ2n) is 4.47. The normalized spacial score (nSPS) is 16.4. The minimum absolute atomic E-state index is 0.0310. The van der Waals surface area contributed by atoms with Gasteiger partial charge >= 0.3 is 0 Å². The molecule has 0 unspecified atom stereocenters. The molecule has 0 bridgehead atoms. The summed E-state index contributed by atoms with van der Waals surface area (Å²) >= 11 is 4.28. The van der Waals surface area contributed by atoms with Crippen molar-refractivity contribution < 1.29 is 9.53 Å². The molecule has 0 aromatic carbocycles. The quantitative estimate of drug-likeness (QED) is 0.789. The summed E-state index contributed by atoms with van der Waals surface area (Å²) in [6.07, 6.45) is 4.34. The fraction of sp³-hybridized carbons (Fsp3) is 0.500. The SMILES string of the molecule is COc1ccc(NC(=O)CC2(CS)CC2)cn1.